The van der Waals surface area contributed by atoms with E-state index < -0.39 is 0 Å². The molecule has 3 N–H and O–H groups in total. The van der Waals surface area contributed by atoms with Crippen LogP contribution < -0.4 is 5.32 Å². The quantitative estimate of drug-likeness (QED) is 0.791. The van der Waals surface area contributed by atoms with E-state index in [-0.39, 0.29) is 42.4 Å². The summed E-state index contributed by atoms with van der Waals surface area (Å²) in [4.78, 5) is 2.42. The number of phenols is 2. The molecule has 0 unspecified atom stereocenters. The van der Waals surface area contributed by atoms with Gasteiger partial charge in [0.15, 0.2) is 0 Å². The number of hydrogen-bond donors (Lipinski definition) is 3. The smallest absolute Gasteiger partial charge is 0.124 e. The third kappa shape index (κ3) is 5.55. The van der Waals surface area contributed by atoms with Gasteiger partial charge in [0, 0.05) is 43.9 Å². The Morgan fingerprint density at radius 1 is 1.14 bits per heavy atom. The Balaban J connectivity index is 0.00000200. The fourth-order valence-electron chi connectivity index (χ4n) is 2.73. The SMILES string of the molecule is CC(C)C[C@H](c1ccc(O)cc1O)N1CCNCC1.Cl.Cl. The first kappa shape index (κ1) is 20.3. The summed E-state index contributed by atoms with van der Waals surface area (Å²) in [6.45, 7) is 8.38. The molecule has 1 aromatic carbocycles. The summed E-state index contributed by atoms with van der Waals surface area (Å²) in [5.74, 6) is 0.877. The lowest BCUT2D eigenvalue weighted by molar-refractivity contribution is 0.151. The molecule has 1 atom stereocenters. The van der Waals surface area contributed by atoms with Crippen molar-refractivity contribution in [3.8, 4) is 11.5 Å². The van der Waals surface area contributed by atoms with Crippen LogP contribution in [0.25, 0.3) is 0 Å². The summed E-state index contributed by atoms with van der Waals surface area (Å²) < 4.78 is 0. The van der Waals surface area contributed by atoms with E-state index in [4.69, 9.17) is 0 Å². The van der Waals surface area contributed by atoms with Gasteiger partial charge in [-0.3, -0.25) is 4.90 Å². The summed E-state index contributed by atoms with van der Waals surface area (Å²) in [6.07, 6.45) is 1.01. The van der Waals surface area contributed by atoms with Gasteiger partial charge in [0.2, 0.25) is 0 Å². The Morgan fingerprint density at radius 2 is 1.76 bits per heavy atom. The molecule has 4 nitrogen and oxygen atoms in total. The van der Waals surface area contributed by atoms with Crippen molar-refractivity contribution < 1.29 is 10.2 Å². The van der Waals surface area contributed by atoms with Crippen LogP contribution in [0.2, 0.25) is 0 Å². The molecule has 0 radical (unpaired) electrons. The monoisotopic (exact) mass is 336 g/mol. The molecule has 0 amide bonds. The van der Waals surface area contributed by atoms with E-state index in [0.29, 0.717) is 5.92 Å². The van der Waals surface area contributed by atoms with Crippen molar-refractivity contribution in [2.75, 3.05) is 26.2 Å². The van der Waals surface area contributed by atoms with Crippen LogP contribution in [-0.4, -0.2) is 41.3 Å². The highest BCUT2D eigenvalue weighted by atomic mass is 35.5. The lowest BCUT2D eigenvalue weighted by atomic mass is 9.94. The van der Waals surface area contributed by atoms with Gasteiger partial charge in [0.25, 0.3) is 0 Å². The van der Waals surface area contributed by atoms with Crippen molar-refractivity contribution in [1.29, 1.82) is 0 Å². The van der Waals surface area contributed by atoms with E-state index in [1.165, 1.54) is 6.07 Å². The minimum absolute atomic E-state index is 0. The summed E-state index contributed by atoms with van der Waals surface area (Å²) in [5, 5.41) is 22.9. The van der Waals surface area contributed by atoms with Crippen molar-refractivity contribution in [2.45, 2.75) is 26.3 Å². The van der Waals surface area contributed by atoms with Gasteiger partial charge in [-0.1, -0.05) is 19.9 Å². The number of phenolic OH excluding ortho intramolecular Hbond substituents is 2. The molecule has 122 valence electrons. The molecule has 0 aliphatic carbocycles. The van der Waals surface area contributed by atoms with Crippen molar-refractivity contribution in [3.05, 3.63) is 23.8 Å². The van der Waals surface area contributed by atoms with Crippen molar-refractivity contribution >= 4 is 24.8 Å². The van der Waals surface area contributed by atoms with Crippen molar-refractivity contribution in [1.82, 2.24) is 10.2 Å². The standard InChI is InChI=1S/C15H24N2O2.2ClH/c1-11(2)9-14(17-7-5-16-6-8-17)13-4-3-12(18)10-15(13)19;;/h3-4,10-11,14,16,18-19H,5-9H2,1-2H3;2*1H/t14-;;/m1../s1. The molecule has 1 saturated heterocycles. The molecule has 0 aromatic heterocycles. The molecule has 0 saturated carbocycles. The Bertz CT molecular complexity index is 424. The van der Waals surface area contributed by atoms with Crippen LogP contribution in [0.1, 0.15) is 31.9 Å². The highest BCUT2D eigenvalue weighted by Gasteiger charge is 2.25. The Morgan fingerprint density at radius 3 is 2.29 bits per heavy atom. The highest BCUT2D eigenvalue weighted by Crippen LogP contribution is 2.35. The lowest BCUT2D eigenvalue weighted by Crippen LogP contribution is -2.45. The summed E-state index contributed by atoms with van der Waals surface area (Å²) in [5.41, 5.74) is 0.924. The van der Waals surface area contributed by atoms with Crippen LogP contribution in [0.4, 0.5) is 0 Å². The maximum absolute atomic E-state index is 10.1. The van der Waals surface area contributed by atoms with Gasteiger partial charge < -0.3 is 15.5 Å². The predicted molar refractivity (Wildman–Crippen MR) is 90.9 cm³/mol. The number of hydrogen-bond acceptors (Lipinski definition) is 4. The molecule has 21 heavy (non-hydrogen) atoms. The average molecular weight is 337 g/mol. The van der Waals surface area contributed by atoms with Gasteiger partial charge in [-0.25, -0.2) is 0 Å². The second-order valence-corrected chi connectivity index (χ2v) is 5.67. The van der Waals surface area contributed by atoms with Gasteiger partial charge in [0.05, 0.1) is 0 Å². The number of aromatic hydroxyl groups is 2. The first-order valence-corrected chi connectivity index (χ1v) is 7.04. The van der Waals surface area contributed by atoms with Crippen LogP contribution in [0.5, 0.6) is 11.5 Å². The molecular weight excluding hydrogens is 311 g/mol. The molecule has 1 heterocycles. The van der Waals surface area contributed by atoms with Gasteiger partial charge in [-0.2, -0.15) is 0 Å². The normalized spacial score (nSPS) is 16.9. The van der Waals surface area contributed by atoms with Gasteiger partial charge in [-0.05, 0) is 18.4 Å². The maximum atomic E-state index is 10.1. The third-order valence-electron chi connectivity index (χ3n) is 3.66. The van der Waals surface area contributed by atoms with E-state index in [0.717, 1.165) is 38.2 Å². The molecule has 1 aliphatic rings. The van der Waals surface area contributed by atoms with Crippen LogP contribution in [0.3, 0.4) is 0 Å². The minimum Gasteiger partial charge on any atom is -0.508 e. The largest absolute Gasteiger partial charge is 0.508 e. The average Bonchev–Trinajstić information content (AvgIpc) is 2.37. The second kappa shape index (κ2) is 9.36. The molecule has 0 bridgehead atoms. The lowest BCUT2D eigenvalue weighted by Gasteiger charge is -2.36. The van der Waals surface area contributed by atoms with Crippen LogP contribution >= 0.6 is 24.8 Å². The first-order chi connectivity index (χ1) is 9.08. The number of nitrogens with one attached hydrogen (secondary N) is 1. The van der Waals surface area contributed by atoms with Gasteiger partial charge in [-0.15, -0.1) is 24.8 Å². The Kier molecular flexibility index (Phi) is 9.06. The molecule has 2 rings (SSSR count). The van der Waals surface area contributed by atoms with E-state index in [1.807, 2.05) is 6.07 Å². The molecule has 1 aromatic rings. The number of piperazine rings is 1. The molecular formula is C15H26Cl2N2O2. The number of rotatable bonds is 4. The number of nitrogens with zero attached hydrogens (tertiary/aromatic N) is 1. The Labute approximate surface area is 139 Å². The minimum atomic E-state index is 0. The molecule has 1 aliphatic heterocycles. The Hall–Kier alpha value is -0.680. The fraction of sp³-hybridized carbons (Fsp3) is 0.600. The first-order valence-electron chi connectivity index (χ1n) is 7.04. The van der Waals surface area contributed by atoms with Crippen molar-refractivity contribution in [2.24, 2.45) is 5.92 Å². The third-order valence-corrected chi connectivity index (χ3v) is 3.66. The zero-order valence-corrected chi connectivity index (χ0v) is 14.2. The van der Waals surface area contributed by atoms with E-state index in [9.17, 15) is 10.2 Å². The van der Waals surface area contributed by atoms with Crippen molar-refractivity contribution in [3.63, 3.8) is 0 Å². The second-order valence-electron chi connectivity index (χ2n) is 5.67. The number of benzene rings is 1. The highest BCUT2D eigenvalue weighted by molar-refractivity contribution is 5.85. The van der Waals surface area contributed by atoms with Gasteiger partial charge in [0.1, 0.15) is 11.5 Å². The topological polar surface area (TPSA) is 55.7 Å². The molecule has 0 spiro atoms. The molecule has 1 fully saturated rings. The van der Waals surface area contributed by atoms with Crippen LogP contribution in [-0.2, 0) is 0 Å². The zero-order valence-electron chi connectivity index (χ0n) is 12.6. The van der Waals surface area contributed by atoms with Gasteiger partial charge >= 0.3 is 0 Å². The van der Waals surface area contributed by atoms with E-state index >= 15 is 0 Å². The van der Waals surface area contributed by atoms with Crippen LogP contribution in [0.15, 0.2) is 18.2 Å². The summed E-state index contributed by atoms with van der Waals surface area (Å²) in [7, 11) is 0. The van der Waals surface area contributed by atoms with Crippen LogP contribution in [0, 0.1) is 5.92 Å². The zero-order chi connectivity index (χ0) is 13.8. The maximum Gasteiger partial charge on any atom is 0.124 e. The molecule has 6 heteroatoms. The van der Waals surface area contributed by atoms with E-state index in [1.54, 1.807) is 6.07 Å². The summed E-state index contributed by atoms with van der Waals surface area (Å²) in [6, 6.07) is 5.16. The summed E-state index contributed by atoms with van der Waals surface area (Å²) >= 11 is 0. The predicted octanol–water partition coefficient (Wildman–Crippen LogP) is 2.93. The fourth-order valence-corrected chi connectivity index (χ4v) is 2.73. The van der Waals surface area contributed by atoms with E-state index in [2.05, 4.69) is 24.1 Å². The number of halogens is 2.